The summed E-state index contributed by atoms with van der Waals surface area (Å²) < 4.78 is 40.1. The van der Waals surface area contributed by atoms with Crippen molar-refractivity contribution < 1.29 is 27.2 Å². The van der Waals surface area contributed by atoms with Crippen molar-refractivity contribution in [3.05, 3.63) is 29.8 Å². The monoisotopic (exact) mass is 330 g/mol. The maximum absolute atomic E-state index is 12.1. The summed E-state index contributed by atoms with van der Waals surface area (Å²) in [5.74, 6) is 0. The van der Waals surface area contributed by atoms with Crippen molar-refractivity contribution in [1.82, 2.24) is 0 Å². The Morgan fingerprint density at radius 2 is 1.95 bits per heavy atom. The summed E-state index contributed by atoms with van der Waals surface area (Å²) in [6.45, 7) is 3.98. The molecule has 1 aliphatic rings. The van der Waals surface area contributed by atoms with Crippen molar-refractivity contribution in [1.29, 1.82) is 0 Å². The molecule has 1 aromatic carbocycles. The lowest BCUT2D eigenvalue weighted by atomic mass is 10.1. The van der Waals surface area contributed by atoms with Gasteiger partial charge in [0.2, 0.25) is 0 Å². The number of hydrogen-bond donors (Lipinski definition) is 1. The molecule has 0 amide bonds. The average Bonchev–Trinajstić information content (AvgIpc) is 2.48. The second kappa shape index (κ2) is 7.52. The molecule has 0 bridgehead atoms. The summed E-state index contributed by atoms with van der Waals surface area (Å²) in [5.41, 5.74) is 0.963. The summed E-state index contributed by atoms with van der Waals surface area (Å²) in [7, 11) is -3.86. The number of benzene rings is 1. The fourth-order valence-electron chi connectivity index (χ4n) is 2.23. The third kappa shape index (κ3) is 4.50. The predicted octanol–water partition coefficient (Wildman–Crippen LogP) is 1.60. The van der Waals surface area contributed by atoms with Gasteiger partial charge in [-0.25, -0.2) is 0 Å². The van der Waals surface area contributed by atoms with Gasteiger partial charge in [-0.2, -0.15) is 8.42 Å². The van der Waals surface area contributed by atoms with E-state index in [0.29, 0.717) is 19.4 Å². The Kier molecular flexibility index (Phi) is 5.94. The highest BCUT2D eigenvalue weighted by Crippen LogP contribution is 2.22. The van der Waals surface area contributed by atoms with Gasteiger partial charge < -0.3 is 14.6 Å². The standard InChI is InChI=1S/C15H22O6S/c1-3-19-15-9-8-13(16)14(21-15)10-20-22(17,18)12-6-4-11(2)5-7-12/h4-7,13-16H,3,8-10H2,1-2H3/t13-,14+,15-/m0/s1. The lowest BCUT2D eigenvalue weighted by molar-refractivity contribution is -0.225. The molecule has 1 N–H and O–H groups in total. The molecule has 6 nitrogen and oxygen atoms in total. The van der Waals surface area contributed by atoms with Gasteiger partial charge in [0.15, 0.2) is 6.29 Å². The molecule has 22 heavy (non-hydrogen) atoms. The van der Waals surface area contributed by atoms with Gasteiger partial charge in [-0.15, -0.1) is 0 Å². The summed E-state index contributed by atoms with van der Waals surface area (Å²) in [4.78, 5) is 0.0877. The zero-order valence-corrected chi connectivity index (χ0v) is 13.6. The maximum Gasteiger partial charge on any atom is 0.297 e. The van der Waals surface area contributed by atoms with E-state index in [2.05, 4.69) is 0 Å². The van der Waals surface area contributed by atoms with Gasteiger partial charge in [-0.05, 0) is 32.4 Å². The first kappa shape index (κ1) is 17.4. The van der Waals surface area contributed by atoms with Crippen LogP contribution in [-0.4, -0.2) is 45.2 Å². The number of hydrogen-bond acceptors (Lipinski definition) is 6. The van der Waals surface area contributed by atoms with Gasteiger partial charge in [0.1, 0.15) is 6.10 Å². The molecule has 0 spiro atoms. The molecule has 1 saturated heterocycles. The van der Waals surface area contributed by atoms with E-state index >= 15 is 0 Å². The molecule has 1 aliphatic heterocycles. The minimum absolute atomic E-state index is 0.0877. The fourth-order valence-corrected chi connectivity index (χ4v) is 3.15. The van der Waals surface area contributed by atoms with Crippen LogP contribution in [0.15, 0.2) is 29.2 Å². The van der Waals surface area contributed by atoms with Crippen LogP contribution in [0.4, 0.5) is 0 Å². The Labute approximate surface area is 131 Å². The normalized spacial score (nSPS) is 26.0. The molecule has 0 radical (unpaired) electrons. The van der Waals surface area contributed by atoms with Crippen LogP contribution >= 0.6 is 0 Å². The van der Waals surface area contributed by atoms with Crippen molar-refractivity contribution in [2.45, 2.75) is 50.1 Å². The van der Waals surface area contributed by atoms with E-state index < -0.39 is 28.6 Å². The van der Waals surface area contributed by atoms with E-state index in [-0.39, 0.29) is 11.5 Å². The van der Waals surface area contributed by atoms with Crippen molar-refractivity contribution in [3.8, 4) is 0 Å². The summed E-state index contributed by atoms with van der Waals surface area (Å²) in [6.07, 6.45) is -0.834. The fraction of sp³-hybridized carbons (Fsp3) is 0.600. The Bertz CT molecular complexity index is 568. The molecule has 1 fully saturated rings. The summed E-state index contributed by atoms with van der Waals surface area (Å²) in [5, 5.41) is 9.90. The van der Waals surface area contributed by atoms with Gasteiger partial charge in [0.25, 0.3) is 10.1 Å². The van der Waals surface area contributed by atoms with E-state index in [4.69, 9.17) is 13.7 Å². The van der Waals surface area contributed by atoms with Gasteiger partial charge in [-0.1, -0.05) is 17.7 Å². The van der Waals surface area contributed by atoms with E-state index in [9.17, 15) is 13.5 Å². The van der Waals surface area contributed by atoms with Crippen molar-refractivity contribution in [2.24, 2.45) is 0 Å². The first-order chi connectivity index (χ1) is 10.4. The van der Waals surface area contributed by atoms with E-state index in [1.54, 1.807) is 12.1 Å². The number of rotatable bonds is 6. The topological polar surface area (TPSA) is 82.1 Å². The number of aliphatic hydroxyl groups excluding tert-OH is 1. The molecule has 1 heterocycles. The average molecular weight is 330 g/mol. The van der Waals surface area contributed by atoms with Gasteiger partial charge in [-0.3, -0.25) is 4.18 Å². The highest BCUT2D eigenvalue weighted by Gasteiger charge is 2.32. The Hall–Kier alpha value is -0.990. The predicted molar refractivity (Wildman–Crippen MR) is 79.8 cm³/mol. The SMILES string of the molecule is CCO[C@@H]1CC[C@H](O)[C@@H](COS(=O)(=O)c2ccc(C)cc2)O1. The van der Waals surface area contributed by atoms with Gasteiger partial charge in [0.05, 0.1) is 17.6 Å². The van der Waals surface area contributed by atoms with Crippen molar-refractivity contribution in [2.75, 3.05) is 13.2 Å². The first-order valence-corrected chi connectivity index (χ1v) is 8.74. The van der Waals surface area contributed by atoms with Crippen LogP contribution in [0, 0.1) is 6.92 Å². The Balaban J connectivity index is 1.96. The largest absolute Gasteiger partial charge is 0.390 e. The Morgan fingerprint density at radius 3 is 2.59 bits per heavy atom. The maximum atomic E-state index is 12.1. The molecule has 3 atom stereocenters. The van der Waals surface area contributed by atoms with Crippen LogP contribution < -0.4 is 0 Å². The summed E-state index contributed by atoms with van der Waals surface area (Å²) in [6, 6.07) is 6.39. The minimum Gasteiger partial charge on any atom is -0.390 e. The van der Waals surface area contributed by atoms with Gasteiger partial charge >= 0.3 is 0 Å². The second-order valence-corrected chi connectivity index (χ2v) is 6.87. The number of ether oxygens (including phenoxy) is 2. The van der Waals surface area contributed by atoms with Crippen LogP contribution in [0.25, 0.3) is 0 Å². The molecular weight excluding hydrogens is 308 g/mol. The molecule has 0 aliphatic carbocycles. The minimum atomic E-state index is -3.86. The van der Waals surface area contributed by atoms with Crippen molar-refractivity contribution in [3.63, 3.8) is 0 Å². The van der Waals surface area contributed by atoms with E-state index in [0.717, 1.165) is 5.56 Å². The highest BCUT2D eigenvalue weighted by atomic mass is 32.2. The number of aliphatic hydroxyl groups is 1. The lowest BCUT2D eigenvalue weighted by Crippen LogP contribution is -2.43. The first-order valence-electron chi connectivity index (χ1n) is 7.33. The molecule has 124 valence electrons. The molecule has 7 heteroatoms. The molecule has 0 unspecified atom stereocenters. The molecule has 2 rings (SSSR count). The molecular formula is C15H22O6S. The van der Waals surface area contributed by atoms with Crippen molar-refractivity contribution >= 4 is 10.1 Å². The third-order valence-corrected chi connectivity index (χ3v) is 4.80. The zero-order chi connectivity index (χ0) is 16.2. The second-order valence-electron chi connectivity index (χ2n) is 5.26. The highest BCUT2D eigenvalue weighted by molar-refractivity contribution is 7.86. The smallest absolute Gasteiger partial charge is 0.297 e. The van der Waals surface area contributed by atoms with Crippen LogP contribution in [0.3, 0.4) is 0 Å². The quantitative estimate of drug-likeness (QED) is 0.798. The molecule has 1 aromatic rings. The third-order valence-electron chi connectivity index (χ3n) is 3.50. The van der Waals surface area contributed by atoms with E-state index in [1.807, 2.05) is 13.8 Å². The lowest BCUT2D eigenvalue weighted by Gasteiger charge is -2.33. The van der Waals surface area contributed by atoms with E-state index in [1.165, 1.54) is 12.1 Å². The Morgan fingerprint density at radius 1 is 1.27 bits per heavy atom. The van der Waals surface area contributed by atoms with Crippen LogP contribution in [0.1, 0.15) is 25.3 Å². The molecule has 0 saturated carbocycles. The van der Waals surface area contributed by atoms with Crippen LogP contribution in [0.2, 0.25) is 0 Å². The summed E-state index contributed by atoms with van der Waals surface area (Å²) >= 11 is 0. The van der Waals surface area contributed by atoms with Crippen LogP contribution in [0.5, 0.6) is 0 Å². The van der Waals surface area contributed by atoms with Crippen LogP contribution in [-0.2, 0) is 23.8 Å². The molecule has 0 aromatic heterocycles. The zero-order valence-electron chi connectivity index (χ0n) is 12.8. The van der Waals surface area contributed by atoms with Gasteiger partial charge in [0, 0.05) is 13.0 Å². The number of aryl methyl sites for hydroxylation is 1.